The SMILES string of the molecule is Nc1cc(Br)ccc1Oc1snc2ccccc12. The van der Waals surface area contributed by atoms with Gasteiger partial charge in [-0.05, 0) is 30.3 Å². The van der Waals surface area contributed by atoms with Crippen LogP contribution in [0.1, 0.15) is 0 Å². The van der Waals surface area contributed by atoms with Gasteiger partial charge >= 0.3 is 0 Å². The van der Waals surface area contributed by atoms with Crippen LogP contribution >= 0.6 is 27.5 Å². The third-order valence-electron chi connectivity index (χ3n) is 2.53. The van der Waals surface area contributed by atoms with Gasteiger partial charge in [-0.1, -0.05) is 28.1 Å². The van der Waals surface area contributed by atoms with Crippen LogP contribution in [0.4, 0.5) is 5.69 Å². The van der Waals surface area contributed by atoms with Crippen molar-refractivity contribution in [3.63, 3.8) is 0 Å². The molecule has 0 radical (unpaired) electrons. The highest BCUT2D eigenvalue weighted by atomic mass is 79.9. The Labute approximate surface area is 116 Å². The van der Waals surface area contributed by atoms with Crippen molar-refractivity contribution in [2.45, 2.75) is 0 Å². The standard InChI is InChI=1S/C13H9BrN2OS/c14-8-5-6-12(10(15)7-8)17-13-9-3-1-2-4-11(9)16-18-13/h1-7H,15H2. The molecule has 2 aromatic carbocycles. The molecule has 0 atom stereocenters. The van der Waals surface area contributed by atoms with E-state index in [4.69, 9.17) is 10.5 Å². The zero-order valence-electron chi connectivity index (χ0n) is 9.26. The summed E-state index contributed by atoms with van der Waals surface area (Å²) in [7, 11) is 0. The number of fused-ring (bicyclic) bond motifs is 1. The zero-order chi connectivity index (χ0) is 12.5. The van der Waals surface area contributed by atoms with Gasteiger partial charge in [0.1, 0.15) is 0 Å². The molecular formula is C13H9BrN2OS. The van der Waals surface area contributed by atoms with Gasteiger partial charge in [0.05, 0.1) is 16.6 Å². The molecule has 0 saturated carbocycles. The Bertz CT molecular complexity index is 711. The minimum atomic E-state index is 0.599. The van der Waals surface area contributed by atoms with E-state index in [1.807, 2.05) is 42.5 Å². The molecule has 3 aromatic rings. The van der Waals surface area contributed by atoms with Gasteiger partial charge in [0.25, 0.3) is 0 Å². The van der Waals surface area contributed by atoms with Gasteiger partial charge in [0.2, 0.25) is 5.06 Å². The molecule has 2 N–H and O–H groups in total. The minimum absolute atomic E-state index is 0.599. The first-order valence-electron chi connectivity index (χ1n) is 5.31. The van der Waals surface area contributed by atoms with Crippen LogP contribution in [-0.4, -0.2) is 4.37 Å². The second-order valence-corrected chi connectivity index (χ2v) is 5.42. The van der Waals surface area contributed by atoms with Crippen LogP contribution in [0.15, 0.2) is 46.9 Å². The Morgan fingerprint density at radius 2 is 2.00 bits per heavy atom. The predicted octanol–water partition coefficient (Wildman–Crippen LogP) is 4.43. The summed E-state index contributed by atoms with van der Waals surface area (Å²) in [5.74, 6) is 0.646. The summed E-state index contributed by atoms with van der Waals surface area (Å²) in [4.78, 5) is 0. The number of ether oxygens (including phenoxy) is 1. The monoisotopic (exact) mass is 320 g/mol. The molecule has 3 nitrogen and oxygen atoms in total. The molecule has 0 saturated heterocycles. The molecule has 1 heterocycles. The van der Waals surface area contributed by atoms with Crippen molar-refractivity contribution in [2.24, 2.45) is 0 Å². The van der Waals surface area contributed by atoms with E-state index < -0.39 is 0 Å². The maximum atomic E-state index is 5.91. The average molecular weight is 321 g/mol. The molecular weight excluding hydrogens is 312 g/mol. The fourth-order valence-corrected chi connectivity index (χ4v) is 2.77. The molecule has 0 fully saturated rings. The fourth-order valence-electron chi connectivity index (χ4n) is 1.65. The van der Waals surface area contributed by atoms with E-state index in [0.29, 0.717) is 11.4 Å². The number of rotatable bonds is 2. The highest BCUT2D eigenvalue weighted by Crippen LogP contribution is 2.36. The average Bonchev–Trinajstić information content (AvgIpc) is 2.76. The van der Waals surface area contributed by atoms with Gasteiger partial charge in [0, 0.05) is 16.0 Å². The zero-order valence-corrected chi connectivity index (χ0v) is 11.7. The number of benzene rings is 2. The van der Waals surface area contributed by atoms with Gasteiger partial charge in [-0.15, -0.1) is 0 Å². The van der Waals surface area contributed by atoms with Crippen LogP contribution in [0.25, 0.3) is 10.9 Å². The van der Waals surface area contributed by atoms with Crippen LogP contribution < -0.4 is 10.5 Å². The highest BCUT2D eigenvalue weighted by Gasteiger charge is 2.09. The Balaban J connectivity index is 2.01. The first-order valence-corrected chi connectivity index (χ1v) is 6.88. The lowest BCUT2D eigenvalue weighted by molar-refractivity contribution is 0.504. The summed E-state index contributed by atoms with van der Waals surface area (Å²) in [5, 5.41) is 1.77. The Morgan fingerprint density at radius 3 is 2.83 bits per heavy atom. The van der Waals surface area contributed by atoms with E-state index in [1.165, 1.54) is 11.5 Å². The first kappa shape index (κ1) is 11.5. The van der Waals surface area contributed by atoms with Crippen molar-refractivity contribution in [1.29, 1.82) is 0 Å². The fraction of sp³-hybridized carbons (Fsp3) is 0. The lowest BCUT2D eigenvalue weighted by Crippen LogP contribution is -1.90. The highest BCUT2D eigenvalue weighted by molar-refractivity contribution is 9.10. The lowest BCUT2D eigenvalue weighted by Gasteiger charge is -2.06. The predicted molar refractivity (Wildman–Crippen MR) is 78.2 cm³/mol. The van der Waals surface area contributed by atoms with E-state index >= 15 is 0 Å². The summed E-state index contributed by atoms with van der Waals surface area (Å²) in [6.07, 6.45) is 0. The minimum Gasteiger partial charge on any atom is -0.442 e. The van der Waals surface area contributed by atoms with E-state index in [2.05, 4.69) is 20.3 Å². The first-order chi connectivity index (χ1) is 8.74. The Morgan fingerprint density at radius 1 is 1.17 bits per heavy atom. The Hall–Kier alpha value is -1.59. The van der Waals surface area contributed by atoms with Crippen LogP contribution in [0.3, 0.4) is 0 Å². The van der Waals surface area contributed by atoms with Crippen molar-refractivity contribution in [1.82, 2.24) is 4.37 Å². The largest absolute Gasteiger partial charge is 0.442 e. The second-order valence-electron chi connectivity index (χ2n) is 3.77. The molecule has 0 aliphatic carbocycles. The molecule has 0 aliphatic heterocycles. The molecule has 5 heteroatoms. The molecule has 90 valence electrons. The van der Waals surface area contributed by atoms with Crippen LogP contribution in [0, 0.1) is 0 Å². The third-order valence-corrected chi connectivity index (χ3v) is 3.78. The van der Waals surface area contributed by atoms with E-state index in [0.717, 1.165) is 20.4 Å². The van der Waals surface area contributed by atoms with Crippen molar-refractivity contribution in [2.75, 3.05) is 5.73 Å². The maximum absolute atomic E-state index is 5.91. The topological polar surface area (TPSA) is 48.1 Å². The summed E-state index contributed by atoms with van der Waals surface area (Å²) >= 11 is 4.70. The third kappa shape index (κ3) is 2.07. The summed E-state index contributed by atoms with van der Waals surface area (Å²) < 4.78 is 11.1. The van der Waals surface area contributed by atoms with Crippen LogP contribution in [-0.2, 0) is 0 Å². The quantitative estimate of drug-likeness (QED) is 0.710. The summed E-state index contributed by atoms with van der Waals surface area (Å²) in [5.41, 5.74) is 7.45. The molecule has 0 amide bonds. The van der Waals surface area contributed by atoms with Gasteiger partial charge < -0.3 is 10.5 Å². The number of nitrogens with two attached hydrogens (primary N) is 1. The van der Waals surface area contributed by atoms with Crippen molar-refractivity contribution >= 4 is 44.1 Å². The molecule has 18 heavy (non-hydrogen) atoms. The molecule has 0 bridgehead atoms. The summed E-state index contributed by atoms with van der Waals surface area (Å²) in [6.45, 7) is 0. The van der Waals surface area contributed by atoms with E-state index in [1.54, 1.807) is 0 Å². The molecule has 3 rings (SSSR count). The van der Waals surface area contributed by atoms with Gasteiger partial charge in [-0.25, -0.2) is 0 Å². The van der Waals surface area contributed by atoms with Crippen LogP contribution in [0.5, 0.6) is 10.8 Å². The number of nitrogens with zero attached hydrogens (tertiary/aromatic N) is 1. The smallest absolute Gasteiger partial charge is 0.208 e. The maximum Gasteiger partial charge on any atom is 0.208 e. The van der Waals surface area contributed by atoms with Gasteiger partial charge in [-0.3, -0.25) is 0 Å². The molecule has 1 aromatic heterocycles. The normalized spacial score (nSPS) is 10.7. The number of nitrogen functional groups attached to an aromatic ring is 1. The van der Waals surface area contributed by atoms with Crippen molar-refractivity contribution in [3.8, 4) is 10.8 Å². The number of anilines is 1. The van der Waals surface area contributed by atoms with Gasteiger partial charge in [0.15, 0.2) is 5.75 Å². The van der Waals surface area contributed by atoms with Crippen molar-refractivity contribution in [3.05, 3.63) is 46.9 Å². The number of aromatic nitrogens is 1. The van der Waals surface area contributed by atoms with E-state index in [-0.39, 0.29) is 0 Å². The van der Waals surface area contributed by atoms with Gasteiger partial charge in [-0.2, -0.15) is 4.37 Å². The number of hydrogen-bond donors (Lipinski definition) is 1. The lowest BCUT2D eigenvalue weighted by atomic mass is 10.2. The van der Waals surface area contributed by atoms with Crippen LogP contribution in [0.2, 0.25) is 0 Å². The van der Waals surface area contributed by atoms with Crippen molar-refractivity contribution < 1.29 is 4.74 Å². The summed E-state index contributed by atoms with van der Waals surface area (Å²) in [6, 6.07) is 13.4. The molecule has 0 unspecified atom stereocenters. The number of hydrogen-bond acceptors (Lipinski definition) is 4. The molecule has 0 spiro atoms. The Kier molecular flexibility index (Phi) is 2.93. The van der Waals surface area contributed by atoms with E-state index in [9.17, 15) is 0 Å². The molecule has 0 aliphatic rings. The number of halogens is 1. The second kappa shape index (κ2) is 4.59.